The minimum atomic E-state index is -0.347. The van der Waals surface area contributed by atoms with Crippen molar-refractivity contribution in [1.29, 1.82) is 0 Å². The summed E-state index contributed by atoms with van der Waals surface area (Å²) in [6.45, 7) is 0.356. The first-order valence-corrected chi connectivity index (χ1v) is 10.7. The van der Waals surface area contributed by atoms with Gasteiger partial charge in [-0.1, -0.05) is 12.1 Å². The number of pyridine rings is 1. The van der Waals surface area contributed by atoms with Gasteiger partial charge in [0.25, 0.3) is 0 Å². The van der Waals surface area contributed by atoms with E-state index in [9.17, 15) is 4.79 Å². The smallest absolute Gasteiger partial charge is 0.355 e. The summed E-state index contributed by atoms with van der Waals surface area (Å²) in [5.41, 5.74) is 1.84. The van der Waals surface area contributed by atoms with Crippen LogP contribution in [0.5, 0.6) is 5.75 Å². The molecule has 0 saturated heterocycles. The molecule has 0 atom stereocenters. The SMILES string of the molecule is CN(C)c1nc(=O)n(-c2cccc(OCc3ccccn3)c2)c2nc(C3CC3)sc12. The average molecular weight is 420 g/mol. The maximum Gasteiger partial charge on any atom is 0.355 e. The minimum Gasteiger partial charge on any atom is -0.487 e. The van der Waals surface area contributed by atoms with E-state index in [1.54, 1.807) is 22.1 Å². The Hall–Kier alpha value is -3.26. The molecule has 0 spiro atoms. The van der Waals surface area contributed by atoms with Gasteiger partial charge < -0.3 is 9.64 Å². The number of rotatable bonds is 6. The summed E-state index contributed by atoms with van der Waals surface area (Å²) in [4.78, 5) is 28.3. The molecule has 0 radical (unpaired) electrons. The van der Waals surface area contributed by atoms with Crippen molar-refractivity contribution in [2.45, 2.75) is 25.4 Å². The Morgan fingerprint density at radius 2 is 2.03 bits per heavy atom. The van der Waals surface area contributed by atoms with Crippen LogP contribution in [0.15, 0.2) is 53.5 Å². The number of thiazole rings is 1. The molecule has 0 unspecified atom stereocenters. The number of ether oxygens (including phenoxy) is 1. The first-order valence-electron chi connectivity index (χ1n) is 9.84. The van der Waals surface area contributed by atoms with E-state index in [1.807, 2.05) is 61.5 Å². The molecule has 3 aromatic heterocycles. The molecule has 5 rings (SSSR count). The molecule has 7 nitrogen and oxygen atoms in total. The number of benzene rings is 1. The Labute approximate surface area is 177 Å². The van der Waals surface area contributed by atoms with Gasteiger partial charge in [-0.15, -0.1) is 11.3 Å². The van der Waals surface area contributed by atoms with Gasteiger partial charge in [0, 0.05) is 32.3 Å². The largest absolute Gasteiger partial charge is 0.487 e. The van der Waals surface area contributed by atoms with Gasteiger partial charge in [0.2, 0.25) is 0 Å². The topological polar surface area (TPSA) is 73.1 Å². The molecule has 1 aliphatic carbocycles. The van der Waals surface area contributed by atoms with Crippen molar-refractivity contribution < 1.29 is 4.74 Å². The third kappa shape index (κ3) is 3.54. The number of fused-ring (bicyclic) bond motifs is 1. The van der Waals surface area contributed by atoms with Crippen LogP contribution in [0.4, 0.5) is 5.82 Å². The van der Waals surface area contributed by atoms with Gasteiger partial charge in [-0.3, -0.25) is 4.98 Å². The number of hydrogen-bond donors (Lipinski definition) is 0. The van der Waals surface area contributed by atoms with Gasteiger partial charge >= 0.3 is 5.69 Å². The van der Waals surface area contributed by atoms with Gasteiger partial charge in [0.15, 0.2) is 11.5 Å². The van der Waals surface area contributed by atoms with Crippen LogP contribution in [0.2, 0.25) is 0 Å². The Kier molecular flexibility index (Phi) is 4.71. The molecule has 30 heavy (non-hydrogen) atoms. The van der Waals surface area contributed by atoms with E-state index in [1.165, 1.54) is 0 Å². The summed E-state index contributed by atoms with van der Waals surface area (Å²) in [6, 6.07) is 13.2. The van der Waals surface area contributed by atoms with E-state index < -0.39 is 0 Å². The molecule has 0 bridgehead atoms. The van der Waals surface area contributed by atoms with Crippen molar-refractivity contribution in [2.24, 2.45) is 0 Å². The Bertz CT molecular complexity index is 1260. The van der Waals surface area contributed by atoms with Gasteiger partial charge in [0.05, 0.1) is 16.4 Å². The number of aromatic nitrogens is 4. The van der Waals surface area contributed by atoms with Crippen LogP contribution in [-0.4, -0.2) is 33.6 Å². The Morgan fingerprint density at radius 3 is 2.77 bits per heavy atom. The highest BCUT2D eigenvalue weighted by Crippen LogP contribution is 2.44. The monoisotopic (exact) mass is 419 g/mol. The number of anilines is 1. The lowest BCUT2D eigenvalue weighted by Crippen LogP contribution is -2.25. The zero-order chi connectivity index (χ0) is 20.7. The fraction of sp³-hybridized carbons (Fsp3) is 0.273. The van der Waals surface area contributed by atoms with Crippen molar-refractivity contribution in [3.05, 3.63) is 69.8 Å². The fourth-order valence-corrected chi connectivity index (χ4v) is 4.59. The van der Waals surface area contributed by atoms with E-state index >= 15 is 0 Å². The van der Waals surface area contributed by atoms with Crippen LogP contribution in [0, 0.1) is 0 Å². The molecular weight excluding hydrogens is 398 g/mol. The predicted octanol–water partition coefficient (Wildman–Crippen LogP) is 3.76. The Morgan fingerprint density at radius 1 is 1.17 bits per heavy atom. The number of nitrogens with zero attached hydrogens (tertiary/aromatic N) is 5. The molecule has 1 aromatic carbocycles. The van der Waals surface area contributed by atoms with Crippen molar-refractivity contribution in [3.8, 4) is 11.4 Å². The quantitative estimate of drug-likeness (QED) is 0.474. The van der Waals surface area contributed by atoms with Gasteiger partial charge in [-0.05, 0) is 37.1 Å². The van der Waals surface area contributed by atoms with Gasteiger partial charge in [-0.25, -0.2) is 14.3 Å². The lowest BCUT2D eigenvalue weighted by Gasteiger charge is -2.14. The maximum atomic E-state index is 13.0. The minimum absolute atomic E-state index is 0.347. The first kappa shape index (κ1) is 18.7. The average Bonchev–Trinajstić information content (AvgIpc) is 3.51. The second-order valence-electron chi connectivity index (χ2n) is 7.53. The van der Waals surface area contributed by atoms with Crippen LogP contribution in [0.25, 0.3) is 16.0 Å². The van der Waals surface area contributed by atoms with E-state index in [2.05, 4.69) is 9.97 Å². The highest BCUT2D eigenvalue weighted by atomic mass is 32.1. The molecule has 0 aliphatic heterocycles. The lowest BCUT2D eigenvalue weighted by molar-refractivity contribution is 0.301. The molecule has 3 heterocycles. The summed E-state index contributed by atoms with van der Waals surface area (Å²) < 4.78 is 8.41. The molecule has 152 valence electrons. The van der Waals surface area contributed by atoms with Crippen LogP contribution < -0.4 is 15.3 Å². The lowest BCUT2D eigenvalue weighted by atomic mass is 10.3. The van der Waals surface area contributed by atoms with E-state index in [0.717, 1.165) is 28.2 Å². The zero-order valence-electron chi connectivity index (χ0n) is 16.8. The standard InChI is InChI=1S/C22H21N5O2S/c1-26(2)19-18-20(24-21(30-18)14-9-10-14)27(22(28)25-19)16-7-5-8-17(12-16)29-13-15-6-3-4-11-23-15/h3-8,11-12,14H,9-10,13H2,1-2H3. The van der Waals surface area contributed by atoms with E-state index in [-0.39, 0.29) is 5.69 Å². The molecule has 1 aliphatic rings. The second-order valence-corrected chi connectivity index (χ2v) is 8.56. The van der Waals surface area contributed by atoms with E-state index in [4.69, 9.17) is 9.72 Å². The highest BCUT2D eigenvalue weighted by Gasteiger charge is 2.29. The summed E-state index contributed by atoms with van der Waals surface area (Å²) in [6.07, 6.45) is 4.06. The predicted molar refractivity (Wildman–Crippen MR) is 118 cm³/mol. The zero-order valence-corrected chi connectivity index (χ0v) is 17.6. The van der Waals surface area contributed by atoms with Crippen LogP contribution in [-0.2, 0) is 6.61 Å². The van der Waals surface area contributed by atoms with Crippen molar-refractivity contribution in [1.82, 2.24) is 19.5 Å². The summed E-state index contributed by atoms with van der Waals surface area (Å²) in [7, 11) is 3.79. The van der Waals surface area contributed by atoms with Crippen LogP contribution in [0.1, 0.15) is 29.5 Å². The van der Waals surface area contributed by atoms with Crippen LogP contribution in [0.3, 0.4) is 0 Å². The molecule has 1 fully saturated rings. The fourth-order valence-electron chi connectivity index (χ4n) is 3.30. The van der Waals surface area contributed by atoms with Crippen molar-refractivity contribution >= 4 is 27.5 Å². The molecule has 0 N–H and O–H groups in total. The molecule has 1 saturated carbocycles. The molecular formula is C22H21N5O2S. The van der Waals surface area contributed by atoms with Gasteiger partial charge in [0.1, 0.15) is 17.1 Å². The number of hydrogen-bond acceptors (Lipinski definition) is 7. The van der Waals surface area contributed by atoms with E-state index in [0.29, 0.717) is 35.4 Å². The van der Waals surface area contributed by atoms with Crippen LogP contribution >= 0.6 is 11.3 Å². The normalized spacial score (nSPS) is 13.5. The third-order valence-electron chi connectivity index (χ3n) is 4.97. The van der Waals surface area contributed by atoms with Crippen molar-refractivity contribution in [3.63, 3.8) is 0 Å². The maximum absolute atomic E-state index is 13.0. The summed E-state index contributed by atoms with van der Waals surface area (Å²) in [5.74, 6) is 1.83. The summed E-state index contributed by atoms with van der Waals surface area (Å²) in [5, 5.41) is 1.08. The third-order valence-corrected chi connectivity index (χ3v) is 6.18. The van der Waals surface area contributed by atoms with Crippen molar-refractivity contribution in [2.75, 3.05) is 19.0 Å². The molecule has 8 heteroatoms. The van der Waals surface area contributed by atoms with Gasteiger partial charge in [-0.2, -0.15) is 4.98 Å². The summed E-state index contributed by atoms with van der Waals surface area (Å²) >= 11 is 1.64. The highest BCUT2D eigenvalue weighted by molar-refractivity contribution is 7.19. The Balaban J connectivity index is 1.56. The first-order chi connectivity index (χ1) is 14.6. The molecule has 0 amide bonds. The second kappa shape index (κ2) is 7.53. The molecule has 4 aromatic rings.